The largest absolute Gasteiger partial charge is 0.256 e. The van der Waals surface area contributed by atoms with Gasteiger partial charge in [0.25, 0.3) is 0 Å². The molecule has 76 valence electrons. The van der Waals surface area contributed by atoms with Gasteiger partial charge in [0.05, 0.1) is 17.9 Å². The zero-order chi connectivity index (χ0) is 10.8. The molecule has 0 spiro atoms. The van der Waals surface area contributed by atoms with Crippen molar-refractivity contribution >= 4 is 10.9 Å². The predicted molar refractivity (Wildman–Crippen MR) is 62.8 cm³/mol. The number of pyridine rings is 1. The van der Waals surface area contributed by atoms with Crippen molar-refractivity contribution in [3.8, 4) is 11.1 Å². The van der Waals surface area contributed by atoms with Crippen LogP contribution in [0, 0.1) is 0 Å². The molecule has 3 heteroatoms. The molecule has 1 aromatic carbocycles. The average molecular weight is 207 g/mol. The Hall–Kier alpha value is -2.29. The Kier molecular flexibility index (Phi) is 2.07. The molecule has 3 nitrogen and oxygen atoms in total. The van der Waals surface area contributed by atoms with Gasteiger partial charge in [-0.3, -0.25) is 4.98 Å². The van der Waals surface area contributed by atoms with Crippen molar-refractivity contribution in [2.24, 2.45) is 0 Å². The Morgan fingerprint density at radius 3 is 2.62 bits per heavy atom. The number of hydrogen-bond donors (Lipinski definition) is 0. The fourth-order valence-corrected chi connectivity index (χ4v) is 1.80. The first-order valence-electron chi connectivity index (χ1n) is 5.06. The fraction of sp³-hybridized carbons (Fsp3) is 0. The van der Waals surface area contributed by atoms with Gasteiger partial charge in [-0.1, -0.05) is 18.2 Å². The van der Waals surface area contributed by atoms with Crippen LogP contribution in [0.2, 0.25) is 0 Å². The van der Waals surface area contributed by atoms with Gasteiger partial charge in [-0.2, -0.15) is 10.2 Å². The first kappa shape index (κ1) is 8.97. The Morgan fingerprint density at radius 2 is 1.75 bits per heavy atom. The smallest absolute Gasteiger partial charge is 0.0708 e. The van der Waals surface area contributed by atoms with Crippen LogP contribution in [-0.4, -0.2) is 15.2 Å². The SMILES string of the molecule is c1ccc2c(-c3ccnnc3)ccnc2c1. The maximum absolute atomic E-state index is 4.33. The van der Waals surface area contributed by atoms with E-state index in [1.165, 1.54) is 0 Å². The monoisotopic (exact) mass is 207 g/mol. The molecule has 0 aliphatic carbocycles. The van der Waals surface area contributed by atoms with E-state index in [1.807, 2.05) is 36.5 Å². The summed E-state index contributed by atoms with van der Waals surface area (Å²) in [4.78, 5) is 4.33. The molecule has 0 amide bonds. The molecular weight excluding hydrogens is 198 g/mol. The molecule has 0 fully saturated rings. The van der Waals surface area contributed by atoms with Gasteiger partial charge >= 0.3 is 0 Å². The van der Waals surface area contributed by atoms with E-state index in [-0.39, 0.29) is 0 Å². The van der Waals surface area contributed by atoms with Crippen molar-refractivity contribution in [3.63, 3.8) is 0 Å². The van der Waals surface area contributed by atoms with Crippen LogP contribution in [0.4, 0.5) is 0 Å². The third-order valence-electron chi connectivity index (χ3n) is 2.54. The van der Waals surface area contributed by atoms with E-state index in [4.69, 9.17) is 0 Å². The van der Waals surface area contributed by atoms with E-state index < -0.39 is 0 Å². The summed E-state index contributed by atoms with van der Waals surface area (Å²) in [5.74, 6) is 0. The highest BCUT2D eigenvalue weighted by Crippen LogP contribution is 2.25. The van der Waals surface area contributed by atoms with Crippen molar-refractivity contribution < 1.29 is 0 Å². The second-order valence-corrected chi connectivity index (χ2v) is 3.51. The van der Waals surface area contributed by atoms with Crippen LogP contribution in [0.5, 0.6) is 0 Å². The van der Waals surface area contributed by atoms with Crippen molar-refractivity contribution in [1.82, 2.24) is 15.2 Å². The van der Waals surface area contributed by atoms with E-state index in [0.717, 1.165) is 22.0 Å². The Balaban J connectivity index is 2.32. The summed E-state index contributed by atoms with van der Waals surface area (Å²) < 4.78 is 0. The van der Waals surface area contributed by atoms with Crippen molar-refractivity contribution in [2.45, 2.75) is 0 Å². The van der Waals surface area contributed by atoms with Gasteiger partial charge in [-0.05, 0) is 23.8 Å². The normalized spacial score (nSPS) is 10.5. The summed E-state index contributed by atoms with van der Waals surface area (Å²) in [7, 11) is 0. The summed E-state index contributed by atoms with van der Waals surface area (Å²) >= 11 is 0. The molecule has 2 heterocycles. The molecule has 0 atom stereocenters. The van der Waals surface area contributed by atoms with Crippen molar-refractivity contribution in [2.75, 3.05) is 0 Å². The molecule has 0 radical (unpaired) electrons. The van der Waals surface area contributed by atoms with Crippen molar-refractivity contribution in [3.05, 3.63) is 55.0 Å². The van der Waals surface area contributed by atoms with Gasteiger partial charge in [0.1, 0.15) is 0 Å². The number of nitrogens with zero attached hydrogens (tertiary/aromatic N) is 3. The first-order chi connectivity index (χ1) is 7.95. The van der Waals surface area contributed by atoms with E-state index in [9.17, 15) is 0 Å². The summed E-state index contributed by atoms with van der Waals surface area (Å²) in [6.45, 7) is 0. The molecule has 0 saturated heterocycles. The average Bonchev–Trinajstić information content (AvgIpc) is 2.39. The summed E-state index contributed by atoms with van der Waals surface area (Å²) in [6.07, 6.45) is 5.28. The zero-order valence-corrected chi connectivity index (χ0v) is 8.54. The van der Waals surface area contributed by atoms with Gasteiger partial charge in [0.15, 0.2) is 0 Å². The lowest BCUT2D eigenvalue weighted by Gasteiger charge is -2.04. The number of aromatic nitrogens is 3. The van der Waals surface area contributed by atoms with Crippen LogP contribution in [0.3, 0.4) is 0 Å². The number of benzene rings is 1. The predicted octanol–water partition coefficient (Wildman–Crippen LogP) is 2.69. The lowest BCUT2D eigenvalue weighted by atomic mass is 10.0. The Bertz CT molecular complexity index is 615. The van der Waals surface area contributed by atoms with Gasteiger partial charge < -0.3 is 0 Å². The van der Waals surface area contributed by atoms with Crippen molar-refractivity contribution in [1.29, 1.82) is 0 Å². The molecule has 0 bridgehead atoms. The fourth-order valence-electron chi connectivity index (χ4n) is 1.80. The third kappa shape index (κ3) is 1.42. The molecular formula is C13H9N3. The maximum Gasteiger partial charge on any atom is 0.0708 e. The molecule has 0 unspecified atom stereocenters. The molecule has 0 aliphatic heterocycles. The van der Waals surface area contributed by atoms with Crippen LogP contribution in [0.25, 0.3) is 22.0 Å². The first-order valence-corrected chi connectivity index (χ1v) is 5.06. The minimum absolute atomic E-state index is 0.997. The molecule has 16 heavy (non-hydrogen) atoms. The summed E-state index contributed by atoms with van der Waals surface area (Å²) in [5, 5.41) is 8.82. The van der Waals surface area contributed by atoms with Crippen LogP contribution in [-0.2, 0) is 0 Å². The minimum atomic E-state index is 0.997. The summed E-state index contributed by atoms with van der Waals surface area (Å²) in [5.41, 5.74) is 3.20. The summed E-state index contributed by atoms with van der Waals surface area (Å²) in [6, 6.07) is 12.0. The van der Waals surface area contributed by atoms with Gasteiger partial charge in [-0.15, -0.1) is 0 Å². The lowest BCUT2D eigenvalue weighted by molar-refractivity contribution is 1.03. The van der Waals surface area contributed by atoms with E-state index in [1.54, 1.807) is 12.4 Å². The van der Waals surface area contributed by atoms with Crippen LogP contribution in [0.1, 0.15) is 0 Å². The number of rotatable bonds is 1. The molecule has 3 rings (SSSR count). The lowest BCUT2D eigenvalue weighted by Crippen LogP contribution is -1.85. The number of para-hydroxylation sites is 1. The molecule has 0 saturated carbocycles. The topological polar surface area (TPSA) is 38.7 Å². The molecule has 3 aromatic rings. The van der Waals surface area contributed by atoms with Gasteiger partial charge in [-0.25, -0.2) is 0 Å². The van der Waals surface area contributed by atoms with E-state index >= 15 is 0 Å². The number of fused-ring (bicyclic) bond motifs is 1. The number of hydrogen-bond acceptors (Lipinski definition) is 3. The van der Waals surface area contributed by atoms with Crippen LogP contribution < -0.4 is 0 Å². The maximum atomic E-state index is 4.33. The third-order valence-corrected chi connectivity index (χ3v) is 2.54. The Labute approximate surface area is 92.8 Å². The highest BCUT2D eigenvalue weighted by Gasteiger charge is 2.03. The Morgan fingerprint density at radius 1 is 0.812 bits per heavy atom. The van der Waals surface area contributed by atoms with E-state index in [0.29, 0.717) is 0 Å². The standard InChI is InChI=1S/C13H9N3/c1-2-4-13-12(3-1)11(6-7-14-13)10-5-8-15-16-9-10/h1-9H. The second kappa shape index (κ2) is 3.70. The van der Waals surface area contributed by atoms with E-state index in [2.05, 4.69) is 21.2 Å². The molecule has 0 N–H and O–H groups in total. The molecule has 2 aromatic heterocycles. The minimum Gasteiger partial charge on any atom is -0.256 e. The van der Waals surface area contributed by atoms with Crippen LogP contribution in [0.15, 0.2) is 55.0 Å². The highest BCUT2D eigenvalue weighted by atomic mass is 15.1. The van der Waals surface area contributed by atoms with Crippen LogP contribution >= 0.6 is 0 Å². The van der Waals surface area contributed by atoms with Gasteiger partial charge in [0.2, 0.25) is 0 Å². The second-order valence-electron chi connectivity index (χ2n) is 3.51. The highest BCUT2D eigenvalue weighted by molar-refractivity contribution is 5.93. The zero-order valence-electron chi connectivity index (χ0n) is 8.54. The molecule has 0 aliphatic rings. The van der Waals surface area contributed by atoms with Gasteiger partial charge in [0, 0.05) is 17.1 Å². The quantitative estimate of drug-likeness (QED) is 0.615.